The molecule has 8 nitrogen and oxygen atoms in total. The molecular weight excluding hydrogens is 608 g/mol. The van der Waals surface area contributed by atoms with Crippen LogP contribution in [0, 0.1) is 11.3 Å². The van der Waals surface area contributed by atoms with Crippen molar-refractivity contribution in [2.24, 2.45) is 11.3 Å². The molecule has 8 heteroatoms. The molecule has 0 N–H and O–H groups in total. The molecule has 0 unspecified atom stereocenters. The number of hydrogen-bond acceptors (Lipinski definition) is 8. The Hall–Kier alpha value is -0.320. The number of hydrogen-bond donors (Lipinski definition) is 0. The van der Waals surface area contributed by atoms with E-state index in [-0.39, 0.29) is 37.5 Å². The lowest BCUT2D eigenvalue weighted by Gasteiger charge is -2.47. The van der Waals surface area contributed by atoms with Crippen molar-refractivity contribution in [2.45, 2.75) is 249 Å². The van der Waals surface area contributed by atoms with Crippen LogP contribution in [0.2, 0.25) is 0 Å². The Morgan fingerprint density at radius 1 is 0.417 bits per heavy atom. The predicted molar refractivity (Wildman–Crippen MR) is 198 cm³/mol. The molecule has 0 bridgehead atoms. The summed E-state index contributed by atoms with van der Waals surface area (Å²) in [5, 5.41) is 0. The molecule has 0 saturated heterocycles. The Labute approximate surface area is 308 Å². The van der Waals surface area contributed by atoms with Gasteiger partial charge in [-0.1, -0.05) is 34.6 Å². The summed E-state index contributed by atoms with van der Waals surface area (Å²) in [6.45, 7) is 35.3. The van der Waals surface area contributed by atoms with E-state index in [9.17, 15) is 0 Å². The summed E-state index contributed by atoms with van der Waals surface area (Å²) in [7, 11) is 0. The lowest BCUT2D eigenvalue weighted by Crippen LogP contribution is -2.55. The zero-order valence-electron chi connectivity index (χ0n) is 42.0. The van der Waals surface area contributed by atoms with E-state index in [0.29, 0.717) is 6.42 Å². The predicted octanol–water partition coefficient (Wildman–Crippen LogP) is 11.2. The van der Waals surface area contributed by atoms with Crippen molar-refractivity contribution < 1.29 is 47.5 Å². The molecule has 0 aliphatic carbocycles. The minimum Gasteiger partial charge on any atom is -0.347 e. The van der Waals surface area contributed by atoms with Gasteiger partial charge in [-0.25, -0.2) is 0 Å². The molecule has 0 aromatic heterocycles. The van der Waals surface area contributed by atoms with Crippen LogP contribution in [0.3, 0.4) is 0 Å². The third-order valence-electron chi connectivity index (χ3n) is 6.66. The van der Waals surface area contributed by atoms with Crippen molar-refractivity contribution in [1.82, 2.24) is 0 Å². The van der Waals surface area contributed by atoms with E-state index < -0.39 is 71.3 Å². The molecule has 0 rings (SSSR count). The molecule has 0 amide bonds. The fourth-order valence-electron chi connectivity index (χ4n) is 5.79. The fraction of sp³-hybridized carbons (Fsp3) is 1.00. The Kier molecular flexibility index (Phi) is 14.6. The van der Waals surface area contributed by atoms with Crippen LogP contribution in [0.15, 0.2) is 0 Å². The zero-order chi connectivity index (χ0) is 44.4. The molecule has 0 heterocycles. The average molecular weight is 705 g/mol. The van der Waals surface area contributed by atoms with Gasteiger partial charge in [-0.15, -0.1) is 0 Å². The van der Waals surface area contributed by atoms with Crippen molar-refractivity contribution >= 4 is 0 Å². The van der Waals surface area contributed by atoms with Crippen molar-refractivity contribution in [3.8, 4) is 0 Å². The molecular formula is C40H82O8. The summed E-state index contributed by atoms with van der Waals surface area (Å²) in [5.74, 6) is -3.99. The minimum absolute atomic E-state index is 0.0343. The van der Waals surface area contributed by atoms with Gasteiger partial charge in [0.15, 0.2) is 11.6 Å². The van der Waals surface area contributed by atoms with Crippen LogP contribution in [-0.2, 0) is 37.9 Å². The summed E-state index contributed by atoms with van der Waals surface area (Å²) in [5.41, 5.74) is -2.73. The van der Waals surface area contributed by atoms with Gasteiger partial charge < -0.3 is 28.4 Å². The van der Waals surface area contributed by atoms with Crippen molar-refractivity contribution in [3.05, 3.63) is 0 Å². The molecule has 0 aromatic rings. The number of ether oxygens (including phenoxy) is 8. The summed E-state index contributed by atoms with van der Waals surface area (Å²) in [6, 6.07) is 0. The maximum Gasteiger partial charge on any atom is 0.414 e. The van der Waals surface area contributed by atoms with Gasteiger partial charge in [0.2, 0.25) is 0 Å². The second kappa shape index (κ2) is 19.5. The van der Waals surface area contributed by atoms with E-state index >= 15 is 0 Å². The normalized spacial score (nSPS) is 18.4. The van der Waals surface area contributed by atoms with Crippen LogP contribution in [-0.4, -0.2) is 65.4 Å². The summed E-state index contributed by atoms with van der Waals surface area (Å²) < 4.78 is 112. The second-order valence-electron chi connectivity index (χ2n) is 17.2. The van der Waals surface area contributed by atoms with Crippen LogP contribution in [0.5, 0.6) is 0 Å². The maximum atomic E-state index is 8.80. The Balaban J connectivity index is 7.28. The lowest BCUT2D eigenvalue weighted by atomic mass is 9.83. The Morgan fingerprint density at radius 3 is 0.979 bits per heavy atom. The molecule has 0 spiro atoms. The van der Waals surface area contributed by atoms with Gasteiger partial charge in [0.05, 0.1) is 55.9 Å². The van der Waals surface area contributed by atoms with Crippen LogP contribution in [0.25, 0.3) is 0 Å². The highest BCUT2D eigenvalue weighted by Crippen LogP contribution is 2.42. The molecule has 0 atom stereocenters. The van der Waals surface area contributed by atoms with Gasteiger partial charge in [0.25, 0.3) is 0 Å². The minimum atomic E-state index is -2.44. The summed E-state index contributed by atoms with van der Waals surface area (Å²) in [6.07, 6.45) is -10.3. The number of rotatable bonds is 25. The van der Waals surface area contributed by atoms with E-state index in [2.05, 4.69) is 0 Å². The first-order valence-electron chi connectivity index (χ1n) is 21.1. The van der Waals surface area contributed by atoms with E-state index in [1.54, 1.807) is 96.9 Å². The third-order valence-corrected chi connectivity index (χ3v) is 6.66. The Bertz CT molecular complexity index is 998. The van der Waals surface area contributed by atoms with Crippen LogP contribution < -0.4 is 0 Å². The van der Waals surface area contributed by atoms with Crippen molar-refractivity contribution in [3.63, 3.8) is 0 Å². The molecule has 0 aliphatic heterocycles. The fourth-order valence-corrected chi connectivity index (χ4v) is 5.79. The molecule has 48 heavy (non-hydrogen) atoms. The lowest BCUT2D eigenvalue weighted by molar-refractivity contribution is -0.547. The van der Waals surface area contributed by atoms with Gasteiger partial charge in [-0.3, -0.25) is 9.47 Å². The largest absolute Gasteiger partial charge is 0.414 e. The summed E-state index contributed by atoms with van der Waals surface area (Å²) >= 11 is 0. The molecule has 0 saturated carbocycles. The van der Waals surface area contributed by atoms with Gasteiger partial charge in [-0.2, -0.15) is 0 Å². The van der Waals surface area contributed by atoms with Crippen molar-refractivity contribution in [1.29, 1.82) is 0 Å². The van der Waals surface area contributed by atoms with E-state index in [4.69, 9.17) is 47.5 Å². The van der Waals surface area contributed by atoms with Gasteiger partial charge in [-0.05, 0) is 135 Å². The van der Waals surface area contributed by atoms with Crippen LogP contribution in [0.4, 0.5) is 0 Å². The molecule has 0 aromatic carbocycles. The van der Waals surface area contributed by atoms with E-state index in [1.807, 2.05) is 20.8 Å². The standard InChI is InChI=1S/C40H82O8/c1-28(2)26-38(41-29(3)4,42-30(5)6)24-22-36(18,19)47-40(45-33(11)12,46-34(13)14)48-37(20,21)23-25-39(43-31(7)8,44-32(9)10)27-35(15,16)17/h28-34H,22-27H2,1-21H3/i28T,29T,30T,31T,32T,33T,34T. The third kappa shape index (κ3) is 20.5. The topological polar surface area (TPSA) is 73.8 Å². The van der Waals surface area contributed by atoms with Gasteiger partial charge >= 0.3 is 6.16 Å². The maximum absolute atomic E-state index is 8.80. The van der Waals surface area contributed by atoms with Crippen LogP contribution in [0.1, 0.15) is 194 Å². The van der Waals surface area contributed by atoms with E-state index in [0.717, 1.165) is 0 Å². The average Bonchev–Trinajstić information content (AvgIpc) is 2.71. The monoisotopic (exact) mass is 705 g/mol. The van der Waals surface area contributed by atoms with Crippen LogP contribution >= 0.6 is 0 Å². The smallest absolute Gasteiger partial charge is 0.347 e. The molecule has 0 radical (unpaired) electrons. The summed E-state index contributed by atoms with van der Waals surface area (Å²) in [4.78, 5) is 0. The quantitative estimate of drug-likeness (QED) is 0.0870. The van der Waals surface area contributed by atoms with E-state index in [1.165, 1.54) is 27.7 Å². The first kappa shape index (κ1) is 36.1. The Morgan fingerprint density at radius 2 is 0.708 bits per heavy atom. The second-order valence-corrected chi connectivity index (χ2v) is 17.2. The van der Waals surface area contributed by atoms with Crippen molar-refractivity contribution in [2.75, 3.05) is 0 Å². The SMILES string of the molecule is [3H]C(C)(C)CC(CCC(C)(C)OC(OC([3H])(C)C)(OC([3H])(C)C)OC(C)(C)CCC(CC(C)(C)C)(OC([3H])(C)C)OC([3H])(C)C)(OC([3H])(C)C)OC([3H])(C)C. The van der Waals surface area contributed by atoms with Gasteiger partial charge in [0, 0.05) is 27.1 Å². The van der Waals surface area contributed by atoms with Gasteiger partial charge in [0.1, 0.15) is 0 Å². The first-order valence-corrected chi connectivity index (χ1v) is 17.6. The zero-order valence-corrected chi connectivity index (χ0v) is 35.0. The first-order chi connectivity index (χ1) is 23.5. The molecule has 0 aliphatic rings. The highest BCUT2D eigenvalue weighted by molar-refractivity contribution is 4.85. The molecule has 0 fully saturated rings. The highest BCUT2D eigenvalue weighted by atomic mass is 17.0. The highest BCUT2D eigenvalue weighted by Gasteiger charge is 2.49. The molecule has 290 valence electrons.